The third kappa shape index (κ3) is 6.05. The highest BCUT2D eigenvalue weighted by Crippen LogP contribution is 2.08. The predicted octanol–water partition coefficient (Wildman–Crippen LogP) is 0.0495. The van der Waals surface area contributed by atoms with Crippen molar-refractivity contribution in [1.29, 1.82) is 0 Å². The van der Waals surface area contributed by atoms with Crippen LogP contribution in [0.2, 0.25) is 0 Å². The Labute approximate surface area is 96.8 Å². The Bertz CT molecular complexity index is 216. The van der Waals surface area contributed by atoms with Crippen LogP contribution in [0.1, 0.15) is 34.1 Å². The molecule has 0 aliphatic rings. The molecule has 0 aliphatic carbocycles. The van der Waals surface area contributed by atoms with Crippen LogP contribution in [-0.2, 0) is 9.53 Å². The van der Waals surface area contributed by atoms with Gasteiger partial charge in [0, 0.05) is 12.1 Å². The van der Waals surface area contributed by atoms with Gasteiger partial charge in [0.2, 0.25) is 0 Å². The van der Waals surface area contributed by atoms with Crippen LogP contribution in [0, 0.1) is 0 Å². The highest BCUT2D eigenvalue weighted by molar-refractivity contribution is 5.69. The summed E-state index contributed by atoms with van der Waals surface area (Å²) in [7, 11) is 0. The van der Waals surface area contributed by atoms with Crippen molar-refractivity contribution >= 4 is 5.97 Å². The first-order valence-electron chi connectivity index (χ1n) is 5.56. The molecule has 5 nitrogen and oxygen atoms in total. The zero-order valence-corrected chi connectivity index (χ0v) is 10.5. The topological polar surface area (TPSA) is 78.8 Å². The Hall–Kier alpha value is -0.650. The average molecular weight is 233 g/mol. The molecule has 3 N–H and O–H groups in total. The van der Waals surface area contributed by atoms with Gasteiger partial charge in [-0.25, -0.2) is 0 Å². The SMILES string of the molecule is CCOC(=O)CC(O)CNC(C)(C)C(C)O. The minimum atomic E-state index is -0.794. The molecule has 16 heavy (non-hydrogen) atoms. The molecule has 0 saturated heterocycles. The molecular weight excluding hydrogens is 210 g/mol. The summed E-state index contributed by atoms with van der Waals surface area (Å²) in [6.07, 6.45) is -1.36. The fraction of sp³-hybridized carbons (Fsp3) is 0.909. The molecule has 5 heteroatoms. The van der Waals surface area contributed by atoms with E-state index in [1.165, 1.54) is 0 Å². The van der Waals surface area contributed by atoms with Gasteiger partial charge in [-0.2, -0.15) is 0 Å². The number of hydrogen-bond acceptors (Lipinski definition) is 5. The number of aliphatic hydroxyl groups excluding tert-OH is 2. The maximum atomic E-state index is 11.1. The lowest BCUT2D eigenvalue weighted by Crippen LogP contribution is -2.50. The molecule has 2 unspecified atom stereocenters. The minimum absolute atomic E-state index is 0.0310. The minimum Gasteiger partial charge on any atom is -0.466 e. The molecule has 0 spiro atoms. The lowest BCUT2D eigenvalue weighted by Gasteiger charge is -2.30. The maximum absolute atomic E-state index is 11.1. The molecular formula is C11H23NO4. The number of carbonyl (C=O) groups is 1. The molecule has 0 aliphatic heterocycles. The summed E-state index contributed by atoms with van der Waals surface area (Å²) in [5, 5.41) is 22.0. The zero-order chi connectivity index (χ0) is 12.8. The second-order valence-corrected chi connectivity index (χ2v) is 4.44. The highest BCUT2D eigenvalue weighted by atomic mass is 16.5. The second-order valence-electron chi connectivity index (χ2n) is 4.44. The van der Waals surface area contributed by atoms with Gasteiger partial charge in [0.25, 0.3) is 0 Å². The van der Waals surface area contributed by atoms with E-state index in [-0.39, 0.29) is 13.0 Å². The molecule has 0 heterocycles. The van der Waals surface area contributed by atoms with Crippen molar-refractivity contribution in [2.75, 3.05) is 13.2 Å². The van der Waals surface area contributed by atoms with Crippen molar-refractivity contribution in [3.05, 3.63) is 0 Å². The fourth-order valence-electron chi connectivity index (χ4n) is 1.01. The summed E-state index contributed by atoms with van der Waals surface area (Å²) in [5.41, 5.74) is -0.490. The standard InChI is InChI=1S/C11H23NO4/c1-5-16-10(15)6-9(14)7-12-11(3,4)8(2)13/h8-9,12-14H,5-7H2,1-4H3. The van der Waals surface area contributed by atoms with Gasteiger partial charge in [0.1, 0.15) is 0 Å². The predicted molar refractivity (Wildman–Crippen MR) is 61.0 cm³/mol. The van der Waals surface area contributed by atoms with E-state index in [4.69, 9.17) is 4.74 Å². The van der Waals surface area contributed by atoms with Gasteiger partial charge in [-0.05, 0) is 27.7 Å². The Morgan fingerprint density at radius 2 is 2.00 bits per heavy atom. The van der Waals surface area contributed by atoms with Crippen molar-refractivity contribution in [3.63, 3.8) is 0 Å². The smallest absolute Gasteiger partial charge is 0.308 e. The van der Waals surface area contributed by atoms with E-state index >= 15 is 0 Å². The fourth-order valence-corrected chi connectivity index (χ4v) is 1.01. The molecule has 0 amide bonds. The number of ether oxygens (including phenoxy) is 1. The van der Waals surface area contributed by atoms with Gasteiger partial charge in [0.15, 0.2) is 0 Å². The molecule has 0 bridgehead atoms. The summed E-state index contributed by atoms with van der Waals surface area (Å²) >= 11 is 0. The van der Waals surface area contributed by atoms with Crippen LogP contribution in [0.15, 0.2) is 0 Å². The third-order valence-corrected chi connectivity index (χ3v) is 2.55. The van der Waals surface area contributed by atoms with Crippen molar-refractivity contribution in [2.24, 2.45) is 0 Å². The van der Waals surface area contributed by atoms with Crippen molar-refractivity contribution in [2.45, 2.75) is 51.9 Å². The number of β-amino-alcohol motifs (C(OH)–C–C–N with tert-alkyl or cyclic N) is 1. The molecule has 0 aromatic carbocycles. The first-order chi connectivity index (χ1) is 7.29. The van der Waals surface area contributed by atoms with Crippen LogP contribution < -0.4 is 5.32 Å². The van der Waals surface area contributed by atoms with Crippen LogP contribution in [0.4, 0.5) is 0 Å². The number of aliphatic hydroxyl groups is 2. The van der Waals surface area contributed by atoms with Gasteiger partial charge in [-0.3, -0.25) is 4.79 Å². The van der Waals surface area contributed by atoms with Crippen molar-refractivity contribution in [3.8, 4) is 0 Å². The number of hydrogen-bond donors (Lipinski definition) is 3. The van der Waals surface area contributed by atoms with E-state index in [9.17, 15) is 15.0 Å². The summed E-state index contributed by atoms with van der Waals surface area (Å²) in [6, 6.07) is 0. The van der Waals surface area contributed by atoms with E-state index in [1.807, 2.05) is 13.8 Å². The summed E-state index contributed by atoms with van der Waals surface area (Å²) in [6.45, 7) is 7.61. The maximum Gasteiger partial charge on any atom is 0.308 e. The van der Waals surface area contributed by atoms with Crippen LogP contribution in [0.5, 0.6) is 0 Å². The Balaban J connectivity index is 3.89. The number of rotatable bonds is 7. The van der Waals surface area contributed by atoms with Crippen LogP contribution in [0.3, 0.4) is 0 Å². The first kappa shape index (κ1) is 15.3. The van der Waals surface area contributed by atoms with Crippen LogP contribution in [0.25, 0.3) is 0 Å². The first-order valence-corrected chi connectivity index (χ1v) is 5.56. The lowest BCUT2D eigenvalue weighted by atomic mass is 9.98. The molecule has 0 saturated carbocycles. The molecule has 0 fully saturated rings. The number of carbonyl (C=O) groups excluding carboxylic acids is 1. The summed E-state index contributed by atoms with van der Waals surface area (Å²) < 4.78 is 4.72. The highest BCUT2D eigenvalue weighted by Gasteiger charge is 2.24. The average Bonchev–Trinajstić information content (AvgIpc) is 2.15. The Morgan fingerprint density at radius 1 is 1.44 bits per heavy atom. The van der Waals surface area contributed by atoms with Gasteiger partial charge in [-0.15, -0.1) is 0 Å². The summed E-state index contributed by atoms with van der Waals surface area (Å²) in [4.78, 5) is 11.1. The van der Waals surface area contributed by atoms with Gasteiger partial charge in [0.05, 0.1) is 25.2 Å². The number of nitrogens with one attached hydrogen (secondary N) is 1. The van der Waals surface area contributed by atoms with Crippen molar-refractivity contribution < 1.29 is 19.7 Å². The quantitative estimate of drug-likeness (QED) is 0.541. The molecule has 0 radical (unpaired) electrons. The normalized spacial score (nSPS) is 15.6. The Kier molecular flexibility index (Phi) is 6.55. The van der Waals surface area contributed by atoms with Crippen LogP contribution >= 0.6 is 0 Å². The van der Waals surface area contributed by atoms with Gasteiger partial charge in [-0.1, -0.05) is 0 Å². The van der Waals surface area contributed by atoms with E-state index in [2.05, 4.69) is 5.32 Å². The largest absolute Gasteiger partial charge is 0.466 e. The second kappa shape index (κ2) is 6.83. The molecule has 0 rings (SSSR count). The molecule has 0 aromatic heterocycles. The monoisotopic (exact) mass is 233 g/mol. The Morgan fingerprint density at radius 3 is 2.44 bits per heavy atom. The molecule has 2 atom stereocenters. The van der Waals surface area contributed by atoms with Gasteiger partial charge < -0.3 is 20.3 Å². The van der Waals surface area contributed by atoms with Gasteiger partial charge >= 0.3 is 5.97 Å². The lowest BCUT2D eigenvalue weighted by molar-refractivity contribution is -0.145. The zero-order valence-electron chi connectivity index (χ0n) is 10.5. The summed E-state index contributed by atoms with van der Waals surface area (Å²) in [5.74, 6) is -0.411. The van der Waals surface area contributed by atoms with Crippen LogP contribution in [-0.4, -0.2) is 47.1 Å². The molecule has 96 valence electrons. The van der Waals surface area contributed by atoms with E-state index in [1.54, 1.807) is 13.8 Å². The van der Waals surface area contributed by atoms with E-state index < -0.39 is 23.7 Å². The van der Waals surface area contributed by atoms with Crippen molar-refractivity contribution in [1.82, 2.24) is 5.32 Å². The van der Waals surface area contributed by atoms with E-state index in [0.29, 0.717) is 6.61 Å². The number of esters is 1. The van der Waals surface area contributed by atoms with E-state index in [0.717, 1.165) is 0 Å². The molecule has 0 aromatic rings. The third-order valence-electron chi connectivity index (χ3n) is 2.55.